The van der Waals surface area contributed by atoms with E-state index in [0.717, 1.165) is 31.7 Å². The Labute approximate surface area is 188 Å². The van der Waals surface area contributed by atoms with Crippen molar-refractivity contribution in [3.8, 4) is 17.0 Å². The SMILES string of the molecule is COc1ccccc1-c1cc(NNS(=O)(=O)c2ccccc2N2CCN(C)CC2)ncn1. The molecule has 1 aliphatic rings. The van der Waals surface area contributed by atoms with E-state index in [0.29, 0.717) is 22.9 Å². The number of hydrogen-bond donors (Lipinski definition) is 2. The lowest BCUT2D eigenvalue weighted by Crippen LogP contribution is -2.45. The minimum Gasteiger partial charge on any atom is -0.496 e. The van der Waals surface area contributed by atoms with Crippen LogP contribution in [0.1, 0.15) is 0 Å². The van der Waals surface area contributed by atoms with Crippen molar-refractivity contribution in [1.29, 1.82) is 0 Å². The van der Waals surface area contributed by atoms with Crippen molar-refractivity contribution in [1.82, 2.24) is 19.7 Å². The number of nitrogens with zero attached hydrogens (tertiary/aromatic N) is 4. The third kappa shape index (κ3) is 4.82. The van der Waals surface area contributed by atoms with Gasteiger partial charge < -0.3 is 14.5 Å². The van der Waals surface area contributed by atoms with E-state index >= 15 is 0 Å². The molecule has 0 aliphatic carbocycles. The Bertz CT molecular complexity index is 1180. The fraction of sp³-hybridized carbons (Fsp3) is 0.273. The van der Waals surface area contributed by atoms with E-state index in [9.17, 15) is 8.42 Å². The molecule has 2 N–H and O–H groups in total. The van der Waals surface area contributed by atoms with Gasteiger partial charge in [-0.2, -0.15) is 0 Å². The summed E-state index contributed by atoms with van der Waals surface area (Å²) in [5, 5.41) is 0. The van der Waals surface area contributed by atoms with E-state index in [1.165, 1.54) is 6.33 Å². The van der Waals surface area contributed by atoms with Gasteiger partial charge >= 0.3 is 0 Å². The van der Waals surface area contributed by atoms with Gasteiger partial charge in [0.2, 0.25) is 0 Å². The second-order valence-corrected chi connectivity index (χ2v) is 9.13. The Kier molecular flexibility index (Phi) is 6.54. The molecule has 0 spiro atoms. The van der Waals surface area contributed by atoms with Gasteiger partial charge in [0.15, 0.2) is 0 Å². The van der Waals surface area contributed by atoms with Crippen LogP contribution >= 0.6 is 0 Å². The molecule has 168 valence electrons. The Hall–Kier alpha value is -3.21. The van der Waals surface area contributed by atoms with Crippen molar-refractivity contribution < 1.29 is 13.2 Å². The molecule has 9 nitrogen and oxygen atoms in total. The van der Waals surface area contributed by atoms with Crippen LogP contribution in [-0.2, 0) is 10.0 Å². The number of methoxy groups -OCH3 is 1. The molecule has 1 aliphatic heterocycles. The summed E-state index contributed by atoms with van der Waals surface area (Å²) in [6, 6.07) is 16.1. The Balaban J connectivity index is 1.54. The molecule has 1 saturated heterocycles. The molecule has 0 bridgehead atoms. The van der Waals surface area contributed by atoms with Crippen molar-refractivity contribution in [2.45, 2.75) is 4.90 Å². The summed E-state index contributed by atoms with van der Waals surface area (Å²) in [6.07, 6.45) is 1.37. The van der Waals surface area contributed by atoms with Gasteiger partial charge in [-0.3, -0.25) is 5.43 Å². The Morgan fingerprint density at radius 3 is 2.47 bits per heavy atom. The Morgan fingerprint density at radius 2 is 1.69 bits per heavy atom. The molecule has 3 aromatic rings. The highest BCUT2D eigenvalue weighted by atomic mass is 32.2. The summed E-state index contributed by atoms with van der Waals surface area (Å²) in [5.41, 5.74) is 4.79. The summed E-state index contributed by atoms with van der Waals surface area (Å²) in [6.45, 7) is 3.30. The molecule has 1 fully saturated rings. The van der Waals surface area contributed by atoms with E-state index in [1.54, 1.807) is 25.3 Å². The lowest BCUT2D eigenvalue weighted by Gasteiger charge is -2.35. The molecular weight excluding hydrogens is 428 g/mol. The molecule has 0 unspecified atom stereocenters. The molecule has 2 aromatic carbocycles. The maximum Gasteiger partial charge on any atom is 0.259 e. The van der Waals surface area contributed by atoms with Crippen molar-refractivity contribution in [3.63, 3.8) is 0 Å². The fourth-order valence-corrected chi connectivity index (χ4v) is 4.68. The van der Waals surface area contributed by atoms with E-state index in [2.05, 4.69) is 37.1 Å². The van der Waals surface area contributed by atoms with Gasteiger partial charge in [0.25, 0.3) is 10.0 Å². The van der Waals surface area contributed by atoms with E-state index in [-0.39, 0.29) is 4.90 Å². The van der Waals surface area contributed by atoms with Crippen molar-refractivity contribution in [2.24, 2.45) is 0 Å². The normalized spacial score (nSPS) is 14.9. The molecule has 0 radical (unpaired) electrons. The summed E-state index contributed by atoms with van der Waals surface area (Å²) in [5.74, 6) is 0.986. The lowest BCUT2D eigenvalue weighted by molar-refractivity contribution is 0.312. The monoisotopic (exact) mass is 454 g/mol. The number of anilines is 2. The van der Waals surface area contributed by atoms with Crippen LogP contribution in [0, 0.1) is 0 Å². The zero-order chi connectivity index (χ0) is 22.6. The smallest absolute Gasteiger partial charge is 0.259 e. The number of sulfonamides is 1. The van der Waals surface area contributed by atoms with E-state index in [1.807, 2.05) is 36.4 Å². The lowest BCUT2D eigenvalue weighted by atomic mass is 10.1. The standard InChI is InChI=1S/C22H26N6O3S/c1-27-11-13-28(14-12-27)19-8-4-6-10-21(19)32(29,30)26-25-22-15-18(23-16-24-22)17-7-3-5-9-20(17)31-2/h3-10,15-16,26H,11-14H2,1-2H3,(H,23,24,25). The van der Waals surface area contributed by atoms with Gasteiger partial charge in [0, 0.05) is 37.8 Å². The number of rotatable bonds is 7. The topological polar surface area (TPSA) is 99.7 Å². The molecule has 0 saturated carbocycles. The van der Waals surface area contributed by atoms with Crippen LogP contribution in [-0.4, -0.2) is 63.6 Å². The maximum atomic E-state index is 13.1. The van der Waals surface area contributed by atoms with Crippen molar-refractivity contribution in [3.05, 3.63) is 60.9 Å². The first-order chi connectivity index (χ1) is 15.5. The predicted octanol–water partition coefficient (Wildman–Crippen LogP) is 2.21. The van der Waals surface area contributed by atoms with E-state index in [4.69, 9.17) is 4.74 Å². The largest absolute Gasteiger partial charge is 0.496 e. The second-order valence-electron chi connectivity index (χ2n) is 7.48. The van der Waals surface area contributed by atoms with E-state index < -0.39 is 10.0 Å². The molecule has 4 rings (SSSR count). The van der Waals surface area contributed by atoms with Crippen LogP contribution in [0.4, 0.5) is 11.5 Å². The number of para-hydroxylation sites is 2. The van der Waals surface area contributed by atoms with Gasteiger partial charge in [0.1, 0.15) is 22.8 Å². The zero-order valence-electron chi connectivity index (χ0n) is 18.0. The quantitative estimate of drug-likeness (QED) is 0.524. The number of hydrazine groups is 1. The Morgan fingerprint density at radius 1 is 0.969 bits per heavy atom. The molecule has 32 heavy (non-hydrogen) atoms. The minimum absolute atomic E-state index is 0.219. The van der Waals surface area contributed by atoms with Crippen LogP contribution in [0.3, 0.4) is 0 Å². The number of aromatic nitrogens is 2. The van der Waals surface area contributed by atoms with Crippen molar-refractivity contribution in [2.75, 3.05) is 50.7 Å². The maximum absolute atomic E-state index is 13.1. The van der Waals surface area contributed by atoms with Crippen molar-refractivity contribution >= 4 is 21.5 Å². The highest BCUT2D eigenvalue weighted by molar-refractivity contribution is 7.89. The zero-order valence-corrected chi connectivity index (χ0v) is 18.8. The van der Waals surface area contributed by atoms with Crippen LogP contribution < -0.4 is 19.9 Å². The summed E-state index contributed by atoms with van der Waals surface area (Å²) >= 11 is 0. The molecule has 10 heteroatoms. The van der Waals surface area contributed by atoms with Crippen LogP contribution in [0.25, 0.3) is 11.3 Å². The third-order valence-electron chi connectivity index (χ3n) is 5.36. The van der Waals surface area contributed by atoms with Crippen LogP contribution in [0.5, 0.6) is 5.75 Å². The van der Waals surface area contributed by atoms with Gasteiger partial charge in [-0.15, -0.1) is 4.83 Å². The average Bonchev–Trinajstić information content (AvgIpc) is 2.83. The van der Waals surface area contributed by atoms with Gasteiger partial charge in [0.05, 0.1) is 18.5 Å². The first-order valence-electron chi connectivity index (χ1n) is 10.2. The first-order valence-corrected chi connectivity index (χ1v) is 11.7. The summed E-state index contributed by atoms with van der Waals surface area (Å²) < 4.78 is 31.6. The number of nitrogens with one attached hydrogen (secondary N) is 2. The van der Waals surface area contributed by atoms with Crippen LogP contribution in [0.15, 0.2) is 65.8 Å². The highest BCUT2D eigenvalue weighted by Crippen LogP contribution is 2.29. The highest BCUT2D eigenvalue weighted by Gasteiger charge is 2.24. The number of piperazine rings is 1. The van der Waals surface area contributed by atoms with Gasteiger partial charge in [-0.05, 0) is 31.3 Å². The number of hydrogen-bond acceptors (Lipinski definition) is 8. The molecule has 1 aromatic heterocycles. The molecule has 0 amide bonds. The fourth-order valence-electron chi connectivity index (χ4n) is 3.60. The third-order valence-corrected chi connectivity index (χ3v) is 6.66. The van der Waals surface area contributed by atoms with Crippen LogP contribution in [0.2, 0.25) is 0 Å². The first kappa shape index (κ1) is 22.0. The summed E-state index contributed by atoms with van der Waals surface area (Å²) in [4.78, 5) is 15.4. The average molecular weight is 455 g/mol. The number of likely N-dealkylation sites (N-methyl/N-ethyl adjacent to an activating group) is 1. The molecule has 0 atom stereocenters. The second kappa shape index (κ2) is 9.51. The number of ether oxygens (including phenoxy) is 1. The predicted molar refractivity (Wildman–Crippen MR) is 124 cm³/mol. The van der Waals surface area contributed by atoms with Gasteiger partial charge in [-0.25, -0.2) is 18.4 Å². The minimum atomic E-state index is -3.84. The molecule has 2 heterocycles. The summed E-state index contributed by atoms with van der Waals surface area (Å²) in [7, 11) is -0.193. The van der Waals surface area contributed by atoms with Gasteiger partial charge in [-0.1, -0.05) is 24.3 Å². The number of benzene rings is 2. The molecular formula is C22H26N6O3S.